The van der Waals surface area contributed by atoms with E-state index < -0.39 is 0 Å². The smallest absolute Gasteiger partial charge is 0.256 e. The van der Waals surface area contributed by atoms with Gasteiger partial charge in [0.05, 0.1) is 12.0 Å². The lowest BCUT2D eigenvalue weighted by Gasteiger charge is -2.36. The summed E-state index contributed by atoms with van der Waals surface area (Å²) in [6.07, 6.45) is 6.77. The van der Waals surface area contributed by atoms with Crippen molar-refractivity contribution >= 4 is 5.69 Å². The standard InChI is InChI=1S/C21H27FN4O/c22-17-6-8-18(9-7-17)25-14-12-24(13-15-25)10-3-11-26-16-23-20-5-2-1-4-19(20)21(26)27/h6-9,16H,1-5,10-15H2. The van der Waals surface area contributed by atoms with E-state index in [0.29, 0.717) is 0 Å². The summed E-state index contributed by atoms with van der Waals surface area (Å²) in [7, 11) is 0. The maximum atomic E-state index is 13.1. The van der Waals surface area contributed by atoms with Gasteiger partial charge in [0.25, 0.3) is 5.56 Å². The Bertz CT molecular complexity index is 825. The van der Waals surface area contributed by atoms with Crippen molar-refractivity contribution in [1.29, 1.82) is 0 Å². The Balaban J connectivity index is 1.26. The van der Waals surface area contributed by atoms with Gasteiger partial charge in [-0.05, 0) is 62.9 Å². The number of aryl methyl sites for hydroxylation is 2. The second-order valence-corrected chi connectivity index (χ2v) is 7.53. The van der Waals surface area contributed by atoms with Gasteiger partial charge in [-0.25, -0.2) is 9.37 Å². The number of anilines is 1. The lowest BCUT2D eigenvalue weighted by molar-refractivity contribution is 0.250. The Labute approximate surface area is 159 Å². The molecule has 0 bridgehead atoms. The molecule has 1 aromatic heterocycles. The summed E-state index contributed by atoms with van der Waals surface area (Å²) >= 11 is 0. The van der Waals surface area contributed by atoms with Crippen LogP contribution in [0.2, 0.25) is 0 Å². The Morgan fingerprint density at radius 1 is 0.963 bits per heavy atom. The molecule has 0 radical (unpaired) electrons. The normalized spacial score (nSPS) is 17.7. The van der Waals surface area contributed by atoms with E-state index >= 15 is 0 Å². The second kappa shape index (κ2) is 8.21. The molecule has 2 aromatic rings. The van der Waals surface area contributed by atoms with Crippen LogP contribution in [0.15, 0.2) is 35.4 Å². The summed E-state index contributed by atoms with van der Waals surface area (Å²) in [6, 6.07) is 6.74. The van der Waals surface area contributed by atoms with Crippen molar-refractivity contribution in [1.82, 2.24) is 14.5 Å². The van der Waals surface area contributed by atoms with Gasteiger partial charge in [0.2, 0.25) is 0 Å². The highest BCUT2D eigenvalue weighted by molar-refractivity contribution is 5.46. The maximum absolute atomic E-state index is 13.1. The van der Waals surface area contributed by atoms with E-state index in [1.807, 2.05) is 12.1 Å². The molecule has 0 atom stereocenters. The van der Waals surface area contributed by atoms with Crippen LogP contribution in [0.1, 0.15) is 30.5 Å². The van der Waals surface area contributed by atoms with E-state index in [9.17, 15) is 9.18 Å². The quantitative estimate of drug-likeness (QED) is 0.811. The van der Waals surface area contributed by atoms with E-state index in [1.165, 1.54) is 12.1 Å². The summed E-state index contributed by atoms with van der Waals surface area (Å²) in [5.74, 6) is -0.190. The summed E-state index contributed by atoms with van der Waals surface area (Å²) in [5, 5.41) is 0. The molecular formula is C21H27FN4O. The number of fused-ring (bicyclic) bond motifs is 1. The fourth-order valence-electron chi connectivity index (χ4n) is 4.13. The van der Waals surface area contributed by atoms with Crippen molar-refractivity contribution in [2.45, 2.75) is 38.6 Å². The second-order valence-electron chi connectivity index (χ2n) is 7.53. The van der Waals surface area contributed by atoms with Crippen LogP contribution in [-0.2, 0) is 19.4 Å². The van der Waals surface area contributed by atoms with Gasteiger partial charge in [-0.1, -0.05) is 0 Å². The van der Waals surface area contributed by atoms with Crippen LogP contribution >= 0.6 is 0 Å². The van der Waals surface area contributed by atoms with Gasteiger partial charge in [-0.3, -0.25) is 14.3 Å². The molecule has 1 aliphatic carbocycles. The Kier molecular flexibility index (Phi) is 5.53. The Morgan fingerprint density at radius 2 is 1.70 bits per heavy atom. The van der Waals surface area contributed by atoms with Crippen molar-refractivity contribution in [2.75, 3.05) is 37.6 Å². The average molecular weight is 370 g/mol. The highest BCUT2D eigenvalue weighted by atomic mass is 19.1. The number of nitrogens with zero attached hydrogens (tertiary/aromatic N) is 4. The molecule has 1 fully saturated rings. The zero-order chi connectivity index (χ0) is 18.6. The van der Waals surface area contributed by atoms with Crippen LogP contribution in [0.25, 0.3) is 0 Å². The molecule has 6 heteroatoms. The first-order valence-corrected chi connectivity index (χ1v) is 10.0. The van der Waals surface area contributed by atoms with Crippen LogP contribution in [0.5, 0.6) is 0 Å². The maximum Gasteiger partial charge on any atom is 0.256 e. The molecular weight excluding hydrogens is 343 g/mol. The van der Waals surface area contributed by atoms with Crippen LogP contribution in [0.4, 0.5) is 10.1 Å². The fraction of sp³-hybridized carbons (Fsp3) is 0.524. The van der Waals surface area contributed by atoms with Crippen LogP contribution in [-0.4, -0.2) is 47.2 Å². The molecule has 1 saturated heterocycles. The van der Waals surface area contributed by atoms with Crippen molar-refractivity contribution in [3.05, 3.63) is 58.0 Å². The molecule has 5 nitrogen and oxygen atoms in total. The summed E-state index contributed by atoms with van der Waals surface area (Å²) < 4.78 is 14.9. The average Bonchev–Trinajstić information content (AvgIpc) is 2.71. The SMILES string of the molecule is O=c1c2c(ncn1CCCN1CCN(c3ccc(F)cc3)CC1)CCCC2. The lowest BCUT2D eigenvalue weighted by atomic mass is 9.97. The minimum absolute atomic E-state index is 0.167. The largest absolute Gasteiger partial charge is 0.369 e. The summed E-state index contributed by atoms with van der Waals surface area (Å²) in [6.45, 7) is 5.61. The number of halogens is 1. The zero-order valence-electron chi connectivity index (χ0n) is 15.7. The van der Waals surface area contributed by atoms with Gasteiger partial charge in [0.15, 0.2) is 0 Å². The lowest BCUT2D eigenvalue weighted by Crippen LogP contribution is -2.46. The number of hydrogen-bond acceptors (Lipinski definition) is 4. The van der Waals surface area contributed by atoms with Gasteiger partial charge in [-0.15, -0.1) is 0 Å². The van der Waals surface area contributed by atoms with E-state index in [2.05, 4.69) is 14.8 Å². The highest BCUT2D eigenvalue weighted by Crippen LogP contribution is 2.17. The number of aromatic nitrogens is 2. The predicted octanol–water partition coefficient (Wildman–Crippen LogP) is 2.47. The molecule has 2 heterocycles. The van der Waals surface area contributed by atoms with Crippen LogP contribution in [0, 0.1) is 5.82 Å². The molecule has 0 N–H and O–H groups in total. The topological polar surface area (TPSA) is 41.4 Å². The van der Waals surface area contributed by atoms with E-state index in [4.69, 9.17) is 0 Å². The van der Waals surface area contributed by atoms with E-state index in [-0.39, 0.29) is 11.4 Å². The summed E-state index contributed by atoms with van der Waals surface area (Å²) in [5.41, 5.74) is 3.21. The monoisotopic (exact) mass is 370 g/mol. The van der Waals surface area contributed by atoms with Crippen LogP contribution < -0.4 is 10.5 Å². The molecule has 0 unspecified atom stereocenters. The van der Waals surface area contributed by atoms with E-state index in [0.717, 1.165) is 88.3 Å². The number of benzene rings is 1. The fourth-order valence-corrected chi connectivity index (χ4v) is 4.13. The minimum Gasteiger partial charge on any atom is -0.369 e. The number of rotatable bonds is 5. The molecule has 1 aliphatic heterocycles. The highest BCUT2D eigenvalue weighted by Gasteiger charge is 2.18. The van der Waals surface area contributed by atoms with Gasteiger partial charge in [0, 0.05) is 44.0 Å². The summed E-state index contributed by atoms with van der Waals surface area (Å²) in [4.78, 5) is 21.8. The third-order valence-electron chi connectivity index (χ3n) is 5.75. The number of piperazine rings is 1. The molecule has 144 valence electrons. The molecule has 4 rings (SSSR count). The Hall–Kier alpha value is -2.21. The minimum atomic E-state index is -0.190. The molecule has 1 aromatic carbocycles. The number of hydrogen-bond donors (Lipinski definition) is 0. The van der Waals surface area contributed by atoms with Crippen molar-refractivity contribution in [3.63, 3.8) is 0 Å². The van der Waals surface area contributed by atoms with Crippen molar-refractivity contribution in [2.24, 2.45) is 0 Å². The molecule has 27 heavy (non-hydrogen) atoms. The van der Waals surface area contributed by atoms with E-state index in [1.54, 1.807) is 10.9 Å². The van der Waals surface area contributed by atoms with Crippen molar-refractivity contribution < 1.29 is 4.39 Å². The zero-order valence-corrected chi connectivity index (χ0v) is 15.7. The first-order valence-electron chi connectivity index (χ1n) is 10.0. The molecule has 0 spiro atoms. The molecule has 2 aliphatic rings. The first kappa shape index (κ1) is 18.2. The van der Waals surface area contributed by atoms with Gasteiger partial charge in [-0.2, -0.15) is 0 Å². The van der Waals surface area contributed by atoms with Gasteiger partial charge >= 0.3 is 0 Å². The molecule has 0 saturated carbocycles. The predicted molar refractivity (Wildman–Crippen MR) is 105 cm³/mol. The first-order chi connectivity index (χ1) is 13.2. The van der Waals surface area contributed by atoms with Crippen LogP contribution in [0.3, 0.4) is 0 Å². The van der Waals surface area contributed by atoms with Crippen molar-refractivity contribution in [3.8, 4) is 0 Å². The Morgan fingerprint density at radius 3 is 2.48 bits per heavy atom. The van der Waals surface area contributed by atoms with Gasteiger partial charge < -0.3 is 4.90 Å². The van der Waals surface area contributed by atoms with Gasteiger partial charge in [0.1, 0.15) is 5.82 Å². The molecule has 0 amide bonds. The third-order valence-corrected chi connectivity index (χ3v) is 5.75. The third kappa shape index (κ3) is 4.21.